The molecule has 0 aromatic heterocycles. The molecule has 0 heterocycles. The molecule has 1 fully saturated rings. The van der Waals surface area contributed by atoms with Crippen molar-refractivity contribution in [2.45, 2.75) is 31.8 Å². The molecule has 0 unspecified atom stereocenters. The average molecular weight is 235 g/mol. The summed E-state index contributed by atoms with van der Waals surface area (Å²) in [6.45, 7) is 3.00. The minimum Gasteiger partial charge on any atom is -0.286 e. The van der Waals surface area contributed by atoms with Gasteiger partial charge in [0.1, 0.15) is 6.04 Å². The van der Waals surface area contributed by atoms with E-state index in [2.05, 4.69) is 24.5 Å². The van der Waals surface area contributed by atoms with Gasteiger partial charge in [-0.25, -0.2) is 0 Å². The lowest BCUT2D eigenvalue weighted by molar-refractivity contribution is -0.116. The van der Waals surface area contributed by atoms with Gasteiger partial charge in [-0.05, 0) is 24.9 Å². The Morgan fingerprint density at radius 2 is 2.06 bits per heavy atom. The fourth-order valence-corrected chi connectivity index (χ4v) is 2.47. The highest BCUT2D eigenvalue weighted by Crippen LogP contribution is 2.35. The van der Waals surface area contributed by atoms with Gasteiger partial charge >= 0.3 is 0 Å². The van der Waals surface area contributed by atoms with Crippen molar-refractivity contribution in [3.05, 3.63) is 35.9 Å². The minimum atomic E-state index is -0.179. The Labute approximate surface area is 102 Å². The van der Waals surface area contributed by atoms with Crippen LogP contribution in [0.3, 0.4) is 0 Å². The Hall–Kier alpha value is -0.800. The third-order valence-corrected chi connectivity index (χ3v) is 3.31. The minimum absolute atomic E-state index is 0.0556. The van der Waals surface area contributed by atoms with Crippen molar-refractivity contribution in [3.8, 4) is 0 Å². The molecule has 1 saturated carbocycles. The van der Waals surface area contributed by atoms with Crippen molar-refractivity contribution in [1.82, 2.24) is 4.90 Å². The largest absolute Gasteiger partial charge is 0.286 e. The monoisotopic (exact) mass is 235 g/mol. The maximum Gasteiger partial charge on any atom is 0.207 e. The normalized spacial score (nSPS) is 17.4. The summed E-state index contributed by atoms with van der Waals surface area (Å²) in [5.74, 6) is 0. The number of carbonyl (C=O) groups is 1. The zero-order valence-corrected chi connectivity index (χ0v) is 10.4. The SMILES string of the molecule is CCN(C1CC1)[C@@H](C(=O)S)c1ccccc1. The first-order valence-electron chi connectivity index (χ1n) is 5.77. The molecule has 1 atom stereocenters. The van der Waals surface area contributed by atoms with Gasteiger partial charge in [0.25, 0.3) is 0 Å². The van der Waals surface area contributed by atoms with Crippen LogP contribution in [0.1, 0.15) is 31.4 Å². The van der Waals surface area contributed by atoms with Crippen LogP contribution in [0.2, 0.25) is 0 Å². The van der Waals surface area contributed by atoms with E-state index in [-0.39, 0.29) is 11.2 Å². The highest BCUT2D eigenvalue weighted by molar-refractivity contribution is 7.96. The fraction of sp³-hybridized carbons (Fsp3) is 0.462. The average Bonchev–Trinajstić information content (AvgIpc) is 3.10. The molecule has 1 aromatic rings. The first-order chi connectivity index (χ1) is 7.74. The molecule has 2 rings (SSSR count). The maximum atomic E-state index is 11.7. The highest BCUT2D eigenvalue weighted by atomic mass is 32.1. The Balaban J connectivity index is 2.25. The van der Waals surface area contributed by atoms with Crippen LogP contribution in [-0.4, -0.2) is 22.6 Å². The number of thiol groups is 1. The Morgan fingerprint density at radius 1 is 1.44 bits per heavy atom. The van der Waals surface area contributed by atoms with Crippen LogP contribution in [0.4, 0.5) is 0 Å². The standard InChI is InChI=1S/C13H17NOS/c1-2-14(11-8-9-11)12(13(15)16)10-6-4-3-5-7-10/h3-7,11-12H,2,8-9H2,1H3,(H,15,16)/t12-/m1/s1. The van der Waals surface area contributed by atoms with Crippen molar-refractivity contribution >= 4 is 17.7 Å². The second-order valence-corrected chi connectivity index (χ2v) is 4.65. The number of hydrogen-bond donors (Lipinski definition) is 1. The molecule has 1 aliphatic carbocycles. The smallest absolute Gasteiger partial charge is 0.207 e. The molecule has 86 valence electrons. The Bertz CT molecular complexity index is 361. The summed E-state index contributed by atoms with van der Waals surface area (Å²) in [6, 6.07) is 10.3. The van der Waals surface area contributed by atoms with Crippen molar-refractivity contribution in [1.29, 1.82) is 0 Å². The molecule has 0 amide bonds. The van der Waals surface area contributed by atoms with Gasteiger partial charge in [-0.15, -0.1) is 12.6 Å². The third-order valence-electron chi connectivity index (χ3n) is 3.06. The summed E-state index contributed by atoms with van der Waals surface area (Å²) in [6.07, 6.45) is 2.41. The van der Waals surface area contributed by atoms with Gasteiger partial charge in [-0.1, -0.05) is 37.3 Å². The quantitative estimate of drug-likeness (QED) is 0.792. The van der Waals surface area contributed by atoms with Crippen molar-refractivity contribution in [2.75, 3.05) is 6.54 Å². The van der Waals surface area contributed by atoms with Gasteiger partial charge in [0.2, 0.25) is 5.12 Å². The summed E-state index contributed by atoms with van der Waals surface area (Å²) in [5, 5.41) is -0.0556. The summed E-state index contributed by atoms with van der Waals surface area (Å²) < 4.78 is 0. The number of rotatable bonds is 5. The molecular weight excluding hydrogens is 218 g/mol. The van der Waals surface area contributed by atoms with Gasteiger partial charge in [0.15, 0.2) is 0 Å². The molecule has 16 heavy (non-hydrogen) atoms. The lowest BCUT2D eigenvalue weighted by Gasteiger charge is -2.28. The van der Waals surface area contributed by atoms with E-state index in [1.54, 1.807) is 0 Å². The van der Waals surface area contributed by atoms with Gasteiger partial charge in [-0.2, -0.15) is 0 Å². The number of nitrogens with zero attached hydrogens (tertiary/aromatic N) is 1. The van der Waals surface area contributed by atoms with E-state index >= 15 is 0 Å². The number of likely N-dealkylation sites (N-methyl/N-ethyl adjacent to an activating group) is 1. The van der Waals surface area contributed by atoms with Crippen LogP contribution >= 0.6 is 12.6 Å². The zero-order chi connectivity index (χ0) is 11.5. The van der Waals surface area contributed by atoms with Crippen LogP contribution in [0.5, 0.6) is 0 Å². The summed E-state index contributed by atoms with van der Waals surface area (Å²) in [7, 11) is 0. The first kappa shape index (κ1) is 11.7. The van der Waals surface area contributed by atoms with E-state index in [4.69, 9.17) is 0 Å². The molecule has 2 nitrogen and oxygen atoms in total. The maximum absolute atomic E-state index is 11.7. The molecule has 0 saturated heterocycles. The molecule has 0 N–H and O–H groups in total. The van der Waals surface area contributed by atoms with Crippen molar-refractivity contribution < 1.29 is 4.79 Å². The topological polar surface area (TPSA) is 20.3 Å². The molecule has 1 aliphatic rings. The van der Waals surface area contributed by atoms with Crippen LogP contribution < -0.4 is 0 Å². The Kier molecular flexibility index (Phi) is 3.66. The summed E-state index contributed by atoms with van der Waals surface area (Å²) >= 11 is 4.04. The lowest BCUT2D eigenvalue weighted by atomic mass is 10.1. The van der Waals surface area contributed by atoms with Crippen LogP contribution in [0, 0.1) is 0 Å². The second-order valence-electron chi connectivity index (χ2n) is 4.21. The molecule has 3 heteroatoms. The van der Waals surface area contributed by atoms with E-state index in [1.807, 2.05) is 30.3 Å². The number of benzene rings is 1. The molecule has 0 spiro atoms. The van der Waals surface area contributed by atoms with Crippen LogP contribution in [0.25, 0.3) is 0 Å². The zero-order valence-electron chi connectivity index (χ0n) is 9.47. The Morgan fingerprint density at radius 3 is 2.50 bits per heavy atom. The molecule has 0 radical (unpaired) electrons. The van der Waals surface area contributed by atoms with Crippen LogP contribution in [0.15, 0.2) is 30.3 Å². The molecule has 1 aromatic carbocycles. The van der Waals surface area contributed by atoms with Crippen molar-refractivity contribution in [2.24, 2.45) is 0 Å². The fourth-order valence-electron chi connectivity index (χ4n) is 2.17. The predicted octanol–water partition coefficient (Wildman–Crippen LogP) is 2.67. The second kappa shape index (κ2) is 5.02. The van der Waals surface area contributed by atoms with E-state index in [0.29, 0.717) is 6.04 Å². The summed E-state index contributed by atoms with van der Waals surface area (Å²) in [4.78, 5) is 14.0. The first-order valence-corrected chi connectivity index (χ1v) is 6.22. The predicted molar refractivity (Wildman–Crippen MR) is 68.6 cm³/mol. The lowest BCUT2D eigenvalue weighted by Crippen LogP contribution is -2.34. The van der Waals surface area contributed by atoms with Gasteiger partial charge in [0.05, 0.1) is 0 Å². The molecule has 0 aliphatic heterocycles. The van der Waals surface area contributed by atoms with E-state index in [9.17, 15) is 4.79 Å². The summed E-state index contributed by atoms with van der Waals surface area (Å²) in [5.41, 5.74) is 1.05. The van der Waals surface area contributed by atoms with Crippen molar-refractivity contribution in [3.63, 3.8) is 0 Å². The third kappa shape index (κ3) is 2.47. The number of hydrogen-bond acceptors (Lipinski definition) is 2. The van der Waals surface area contributed by atoms with E-state index in [0.717, 1.165) is 12.1 Å². The van der Waals surface area contributed by atoms with Gasteiger partial charge < -0.3 is 0 Å². The molecular formula is C13H17NOS. The molecule has 0 bridgehead atoms. The number of carbonyl (C=O) groups excluding carboxylic acids is 1. The van der Waals surface area contributed by atoms with E-state index in [1.165, 1.54) is 12.8 Å². The van der Waals surface area contributed by atoms with Crippen LogP contribution in [-0.2, 0) is 4.79 Å². The van der Waals surface area contributed by atoms with E-state index < -0.39 is 0 Å². The highest BCUT2D eigenvalue weighted by Gasteiger charge is 2.35. The van der Waals surface area contributed by atoms with Gasteiger partial charge in [0, 0.05) is 6.04 Å². The van der Waals surface area contributed by atoms with Gasteiger partial charge in [-0.3, -0.25) is 9.69 Å².